The number of nitrogens with zero attached hydrogens (tertiary/aromatic N) is 3. The van der Waals surface area contributed by atoms with Crippen molar-refractivity contribution in [2.24, 2.45) is 0 Å². The minimum absolute atomic E-state index is 0.0833. The van der Waals surface area contributed by atoms with Gasteiger partial charge in [-0.15, -0.1) is 0 Å². The Hall–Kier alpha value is -3.56. The van der Waals surface area contributed by atoms with Crippen LogP contribution in [0.3, 0.4) is 0 Å². The maximum atomic E-state index is 11.2. The molecule has 2 aromatic heterocycles. The molecule has 0 aliphatic rings. The zero-order valence-corrected chi connectivity index (χ0v) is 16.1. The van der Waals surface area contributed by atoms with E-state index in [9.17, 15) is 19.7 Å². The Kier molecular flexibility index (Phi) is 8.47. The predicted octanol–water partition coefficient (Wildman–Crippen LogP) is 2.62. The highest BCUT2D eigenvalue weighted by molar-refractivity contribution is 5.88. The van der Waals surface area contributed by atoms with Crippen molar-refractivity contribution in [1.82, 2.24) is 9.97 Å². The van der Waals surface area contributed by atoms with Crippen LogP contribution in [0.2, 0.25) is 0 Å². The number of pyridine rings is 2. The summed E-state index contributed by atoms with van der Waals surface area (Å²) >= 11 is 0. The molecule has 2 N–H and O–H groups in total. The number of anilines is 1. The Morgan fingerprint density at radius 1 is 1.00 bits per heavy atom. The van der Waals surface area contributed by atoms with Crippen molar-refractivity contribution >= 4 is 23.3 Å². The van der Waals surface area contributed by atoms with Gasteiger partial charge in [-0.3, -0.25) is 10.1 Å². The van der Waals surface area contributed by atoms with Gasteiger partial charge in [0, 0.05) is 5.56 Å². The van der Waals surface area contributed by atoms with Gasteiger partial charge in [0.05, 0.1) is 30.0 Å². The van der Waals surface area contributed by atoms with Gasteiger partial charge in [0.25, 0.3) is 5.69 Å². The molecule has 0 atom stereocenters. The van der Waals surface area contributed by atoms with E-state index in [1.165, 1.54) is 12.3 Å². The molecule has 10 nitrogen and oxygen atoms in total. The highest BCUT2D eigenvalue weighted by atomic mass is 16.6. The van der Waals surface area contributed by atoms with E-state index in [0.29, 0.717) is 23.6 Å². The highest BCUT2D eigenvalue weighted by Crippen LogP contribution is 2.16. The molecule has 0 saturated carbocycles. The number of aromatic nitrogens is 2. The summed E-state index contributed by atoms with van der Waals surface area (Å²) in [5.41, 5.74) is 7.62. The molecule has 150 valence electrons. The zero-order valence-electron chi connectivity index (χ0n) is 16.1. The molecule has 10 heteroatoms. The number of carbonyl (C=O) groups excluding carboxylic acids is 2. The Bertz CT molecular complexity index is 869. The first-order valence-electron chi connectivity index (χ1n) is 8.38. The fourth-order valence-electron chi connectivity index (χ4n) is 1.94. The molecule has 0 fully saturated rings. The van der Waals surface area contributed by atoms with E-state index in [1.807, 2.05) is 6.92 Å². The van der Waals surface area contributed by atoms with Crippen LogP contribution in [0.1, 0.15) is 46.0 Å². The van der Waals surface area contributed by atoms with Gasteiger partial charge >= 0.3 is 11.9 Å². The van der Waals surface area contributed by atoms with Gasteiger partial charge in [-0.2, -0.15) is 0 Å². The molecule has 0 amide bonds. The van der Waals surface area contributed by atoms with E-state index in [4.69, 9.17) is 15.2 Å². The molecule has 0 aliphatic carbocycles. The minimum Gasteiger partial charge on any atom is -0.461 e. The molecular formula is C18H22N4O6. The van der Waals surface area contributed by atoms with Crippen LogP contribution in [0.4, 0.5) is 11.4 Å². The molecule has 2 aromatic rings. The maximum absolute atomic E-state index is 11.2. The number of hydrogen-bond donors (Lipinski definition) is 1. The van der Waals surface area contributed by atoms with Gasteiger partial charge < -0.3 is 15.2 Å². The van der Waals surface area contributed by atoms with Gasteiger partial charge in [0.1, 0.15) is 17.6 Å². The van der Waals surface area contributed by atoms with Gasteiger partial charge in [-0.25, -0.2) is 19.6 Å². The molecule has 0 spiro atoms. The Labute approximate surface area is 161 Å². The van der Waals surface area contributed by atoms with Gasteiger partial charge in [-0.1, -0.05) is 0 Å². The lowest BCUT2D eigenvalue weighted by Crippen LogP contribution is -2.08. The molecule has 0 saturated heterocycles. The molecule has 0 unspecified atom stereocenters. The fraction of sp³-hybridized carbons (Fsp3) is 0.333. The third-order valence-corrected chi connectivity index (χ3v) is 3.40. The smallest absolute Gasteiger partial charge is 0.356 e. The summed E-state index contributed by atoms with van der Waals surface area (Å²) in [5, 5.41) is 10.5. The molecular weight excluding hydrogens is 368 g/mol. The zero-order chi connectivity index (χ0) is 21.3. The van der Waals surface area contributed by atoms with Gasteiger partial charge in [-0.05, 0) is 45.4 Å². The molecule has 0 aromatic carbocycles. The lowest BCUT2D eigenvalue weighted by Gasteiger charge is -2.03. The number of rotatable bonds is 5. The summed E-state index contributed by atoms with van der Waals surface area (Å²) < 4.78 is 9.49. The van der Waals surface area contributed by atoms with E-state index in [1.54, 1.807) is 26.8 Å². The van der Waals surface area contributed by atoms with Crippen LogP contribution < -0.4 is 5.73 Å². The van der Waals surface area contributed by atoms with Crippen LogP contribution in [0.15, 0.2) is 24.5 Å². The summed E-state index contributed by atoms with van der Waals surface area (Å²) in [6.07, 6.45) is 2.52. The summed E-state index contributed by atoms with van der Waals surface area (Å²) in [4.78, 5) is 39.9. The largest absolute Gasteiger partial charge is 0.461 e. The Morgan fingerprint density at radius 3 is 1.86 bits per heavy atom. The summed E-state index contributed by atoms with van der Waals surface area (Å²) in [5.74, 6) is -0.985. The number of ether oxygens (including phenoxy) is 2. The SMILES string of the molecule is CCOC(=O)c1cc(C)c(N)cn1.CCOC(=O)c1cc(C)c([N+](=O)[O-])cn1. The first-order valence-corrected chi connectivity index (χ1v) is 8.38. The van der Waals surface area contributed by atoms with Crippen molar-refractivity contribution in [1.29, 1.82) is 0 Å². The Morgan fingerprint density at radius 2 is 1.46 bits per heavy atom. The van der Waals surface area contributed by atoms with Crippen molar-refractivity contribution < 1.29 is 24.0 Å². The number of aryl methyl sites for hydroxylation is 2. The second-order valence-electron chi connectivity index (χ2n) is 5.48. The second-order valence-corrected chi connectivity index (χ2v) is 5.48. The number of esters is 2. The summed E-state index contributed by atoms with van der Waals surface area (Å²) in [6.45, 7) is 7.39. The van der Waals surface area contributed by atoms with Crippen LogP contribution in [0.25, 0.3) is 0 Å². The van der Waals surface area contributed by atoms with Crippen molar-refractivity contribution in [3.05, 3.63) is 57.2 Å². The van der Waals surface area contributed by atoms with E-state index >= 15 is 0 Å². The standard InChI is InChI=1S/C9H10N2O4.C9H12N2O2/c1-3-15-9(12)7-4-6(2)8(5-10-7)11(13)14;1-3-13-9(12)8-4-6(2)7(10)5-11-8/h4-5H,3H2,1-2H3;4-5H,3,10H2,1-2H3. The lowest BCUT2D eigenvalue weighted by molar-refractivity contribution is -0.385. The third kappa shape index (κ3) is 6.31. The second kappa shape index (κ2) is 10.6. The number of carbonyl (C=O) groups is 2. The van der Waals surface area contributed by atoms with Crippen LogP contribution in [0.5, 0.6) is 0 Å². The minimum atomic E-state index is -0.574. The number of nitro groups is 1. The maximum Gasteiger partial charge on any atom is 0.356 e. The summed E-state index contributed by atoms with van der Waals surface area (Å²) in [7, 11) is 0. The molecule has 0 radical (unpaired) electrons. The number of nitrogens with two attached hydrogens (primary N) is 1. The van der Waals surface area contributed by atoms with Crippen molar-refractivity contribution in [3.8, 4) is 0 Å². The van der Waals surface area contributed by atoms with Crippen molar-refractivity contribution in [3.63, 3.8) is 0 Å². The average molecular weight is 390 g/mol. The quantitative estimate of drug-likeness (QED) is 0.462. The van der Waals surface area contributed by atoms with Gasteiger partial charge in [0.2, 0.25) is 0 Å². The normalized spacial score (nSPS) is 9.71. The highest BCUT2D eigenvalue weighted by Gasteiger charge is 2.15. The number of hydrogen-bond acceptors (Lipinski definition) is 9. The number of nitrogen functional groups attached to an aromatic ring is 1. The fourth-order valence-corrected chi connectivity index (χ4v) is 1.94. The predicted molar refractivity (Wildman–Crippen MR) is 101 cm³/mol. The lowest BCUT2D eigenvalue weighted by atomic mass is 10.2. The molecule has 2 heterocycles. The van der Waals surface area contributed by atoms with Crippen LogP contribution in [-0.4, -0.2) is 40.0 Å². The molecule has 28 heavy (non-hydrogen) atoms. The average Bonchev–Trinajstić information content (AvgIpc) is 2.64. The van der Waals surface area contributed by atoms with Crippen LogP contribution >= 0.6 is 0 Å². The monoisotopic (exact) mass is 390 g/mol. The third-order valence-electron chi connectivity index (χ3n) is 3.40. The van der Waals surface area contributed by atoms with E-state index in [2.05, 4.69) is 9.97 Å². The van der Waals surface area contributed by atoms with E-state index in [0.717, 1.165) is 11.8 Å². The first-order chi connectivity index (χ1) is 13.2. The Balaban J connectivity index is 0.000000283. The first kappa shape index (κ1) is 22.5. The molecule has 0 aliphatic heterocycles. The summed E-state index contributed by atoms with van der Waals surface area (Å²) in [6, 6.07) is 2.96. The topological polar surface area (TPSA) is 148 Å². The van der Waals surface area contributed by atoms with Crippen molar-refractivity contribution in [2.45, 2.75) is 27.7 Å². The van der Waals surface area contributed by atoms with E-state index in [-0.39, 0.29) is 18.0 Å². The van der Waals surface area contributed by atoms with Crippen molar-refractivity contribution in [2.75, 3.05) is 18.9 Å². The van der Waals surface area contributed by atoms with Gasteiger partial charge in [0.15, 0.2) is 0 Å². The van der Waals surface area contributed by atoms with E-state index < -0.39 is 16.9 Å². The van der Waals surface area contributed by atoms with Crippen LogP contribution in [0, 0.1) is 24.0 Å². The molecule has 0 bridgehead atoms. The molecule has 2 rings (SSSR count). The van der Waals surface area contributed by atoms with Crippen LogP contribution in [-0.2, 0) is 9.47 Å².